The molecule has 3 heterocycles. The summed E-state index contributed by atoms with van der Waals surface area (Å²) in [6.07, 6.45) is 9.00. The van der Waals surface area contributed by atoms with E-state index in [0.717, 1.165) is 30.7 Å². The first-order chi connectivity index (χ1) is 12.2. The number of thioether (sulfide) groups is 1. The van der Waals surface area contributed by atoms with Crippen molar-refractivity contribution in [2.45, 2.75) is 56.7 Å². The van der Waals surface area contributed by atoms with Crippen molar-refractivity contribution in [3.05, 3.63) is 18.1 Å². The van der Waals surface area contributed by atoms with Gasteiger partial charge in [-0.3, -0.25) is 4.79 Å². The molecule has 0 aromatic carbocycles. The second-order valence-corrected chi connectivity index (χ2v) is 7.82. The number of amides is 1. The second kappa shape index (κ2) is 7.23. The van der Waals surface area contributed by atoms with Gasteiger partial charge >= 0.3 is 0 Å². The number of aryl methyl sites for hydroxylation is 1. The van der Waals surface area contributed by atoms with Gasteiger partial charge in [-0.25, -0.2) is 0 Å². The highest BCUT2D eigenvalue weighted by Crippen LogP contribution is 2.36. The van der Waals surface area contributed by atoms with Crippen molar-refractivity contribution in [3.8, 4) is 11.5 Å². The van der Waals surface area contributed by atoms with E-state index in [0.29, 0.717) is 28.8 Å². The number of carbonyl (C=O) groups excluding carboxylic acids is 1. The number of hydrogen-bond acceptors (Lipinski definition) is 6. The van der Waals surface area contributed by atoms with Crippen molar-refractivity contribution in [2.75, 3.05) is 12.3 Å². The zero-order chi connectivity index (χ0) is 17.2. The summed E-state index contributed by atoms with van der Waals surface area (Å²) >= 11 is 1.32. The fourth-order valence-electron chi connectivity index (χ4n) is 4.12. The molecular weight excluding hydrogens is 338 g/mol. The molecule has 0 bridgehead atoms. The van der Waals surface area contributed by atoms with Gasteiger partial charge in [0, 0.05) is 12.6 Å². The van der Waals surface area contributed by atoms with Gasteiger partial charge in [0.05, 0.1) is 17.6 Å². The summed E-state index contributed by atoms with van der Waals surface area (Å²) in [6.45, 7) is 2.75. The molecule has 6 nitrogen and oxygen atoms in total. The molecule has 134 valence electrons. The van der Waals surface area contributed by atoms with Gasteiger partial charge in [-0.05, 0) is 44.6 Å². The van der Waals surface area contributed by atoms with Crippen LogP contribution in [0.5, 0.6) is 0 Å². The van der Waals surface area contributed by atoms with Gasteiger partial charge in [0.15, 0.2) is 0 Å². The lowest BCUT2D eigenvalue weighted by molar-refractivity contribution is -0.134. The molecule has 2 atom stereocenters. The lowest BCUT2D eigenvalue weighted by atomic mass is 9.78. The minimum atomic E-state index is 0.195. The van der Waals surface area contributed by atoms with Crippen LogP contribution in [0.2, 0.25) is 0 Å². The number of rotatable bonds is 4. The van der Waals surface area contributed by atoms with Crippen LogP contribution in [0.1, 0.15) is 44.3 Å². The Labute approximate surface area is 151 Å². The van der Waals surface area contributed by atoms with Crippen molar-refractivity contribution in [2.24, 2.45) is 5.92 Å². The number of carbonyl (C=O) groups is 1. The SMILES string of the molecule is Cc1occc1-c1nnc(SCC(=O)N2CCC[C@@H]3CCCC[C@H]32)o1. The first-order valence-electron chi connectivity index (χ1n) is 9.02. The molecule has 0 radical (unpaired) electrons. The van der Waals surface area contributed by atoms with Crippen LogP contribution < -0.4 is 0 Å². The summed E-state index contributed by atoms with van der Waals surface area (Å²) in [4.78, 5) is 14.8. The Morgan fingerprint density at radius 1 is 1.28 bits per heavy atom. The monoisotopic (exact) mass is 361 g/mol. The van der Waals surface area contributed by atoms with E-state index in [4.69, 9.17) is 8.83 Å². The Morgan fingerprint density at radius 3 is 2.96 bits per heavy atom. The number of aromatic nitrogens is 2. The molecule has 1 saturated heterocycles. The number of piperidine rings is 1. The molecule has 2 fully saturated rings. The third-order valence-corrected chi connectivity index (χ3v) is 6.18. The van der Waals surface area contributed by atoms with Gasteiger partial charge in [0.2, 0.25) is 5.91 Å². The molecule has 2 aromatic heterocycles. The smallest absolute Gasteiger partial charge is 0.277 e. The first-order valence-corrected chi connectivity index (χ1v) is 10.0. The maximum Gasteiger partial charge on any atom is 0.277 e. The van der Waals surface area contributed by atoms with E-state index in [2.05, 4.69) is 15.1 Å². The van der Waals surface area contributed by atoms with Crippen molar-refractivity contribution in [1.29, 1.82) is 0 Å². The van der Waals surface area contributed by atoms with Crippen LogP contribution in [0, 0.1) is 12.8 Å². The van der Waals surface area contributed by atoms with E-state index in [1.165, 1.54) is 37.4 Å². The van der Waals surface area contributed by atoms with Crippen LogP contribution >= 0.6 is 11.8 Å². The summed E-state index contributed by atoms with van der Waals surface area (Å²) < 4.78 is 10.9. The Balaban J connectivity index is 1.37. The number of likely N-dealkylation sites (tertiary alicyclic amines) is 1. The fourth-order valence-corrected chi connectivity index (χ4v) is 4.77. The van der Waals surface area contributed by atoms with Crippen LogP contribution in [0.25, 0.3) is 11.5 Å². The summed E-state index contributed by atoms with van der Waals surface area (Å²) in [7, 11) is 0. The zero-order valence-electron chi connectivity index (χ0n) is 14.4. The molecule has 0 spiro atoms. The number of nitrogens with zero attached hydrogens (tertiary/aromatic N) is 3. The molecule has 1 saturated carbocycles. The molecule has 2 aromatic rings. The average Bonchev–Trinajstić information content (AvgIpc) is 3.27. The third-order valence-electron chi connectivity index (χ3n) is 5.38. The quantitative estimate of drug-likeness (QED) is 0.769. The third kappa shape index (κ3) is 3.47. The molecule has 2 aliphatic rings. The highest BCUT2D eigenvalue weighted by Gasteiger charge is 2.35. The topological polar surface area (TPSA) is 72.4 Å². The van der Waals surface area contributed by atoms with Crippen LogP contribution in [0.3, 0.4) is 0 Å². The second-order valence-electron chi connectivity index (χ2n) is 6.89. The van der Waals surface area contributed by atoms with Crippen LogP contribution in [0.4, 0.5) is 0 Å². The fraction of sp³-hybridized carbons (Fsp3) is 0.611. The van der Waals surface area contributed by atoms with Crippen LogP contribution in [-0.2, 0) is 4.79 Å². The molecule has 1 aliphatic heterocycles. The van der Waals surface area contributed by atoms with E-state index in [1.807, 2.05) is 6.92 Å². The van der Waals surface area contributed by atoms with Gasteiger partial charge < -0.3 is 13.7 Å². The van der Waals surface area contributed by atoms with E-state index in [-0.39, 0.29) is 5.91 Å². The minimum Gasteiger partial charge on any atom is -0.469 e. The average molecular weight is 361 g/mol. The standard InChI is InChI=1S/C18H23N3O3S/c1-12-14(8-10-23-12)17-19-20-18(24-17)25-11-16(22)21-9-4-6-13-5-2-3-7-15(13)21/h8,10,13,15H,2-7,9,11H2,1H3/t13-,15+/m0/s1. The molecule has 0 N–H and O–H groups in total. The van der Waals surface area contributed by atoms with Gasteiger partial charge in [0.1, 0.15) is 5.76 Å². The first kappa shape index (κ1) is 16.7. The number of furan rings is 1. The zero-order valence-corrected chi connectivity index (χ0v) is 15.3. The predicted octanol–water partition coefficient (Wildman–Crippen LogP) is 3.91. The number of fused-ring (bicyclic) bond motifs is 1. The van der Waals surface area contributed by atoms with Crippen molar-refractivity contribution >= 4 is 17.7 Å². The Bertz CT molecular complexity index is 740. The summed E-state index contributed by atoms with van der Waals surface area (Å²) in [5.74, 6) is 2.44. The molecule has 4 rings (SSSR count). The summed E-state index contributed by atoms with van der Waals surface area (Å²) in [5.41, 5.74) is 0.798. The van der Waals surface area contributed by atoms with Gasteiger partial charge in [-0.2, -0.15) is 0 Å². The molecule has 0 unspecified atom stereocenters. The highest BCUT2D eigenvalue weighted by atomic mass is 32.2. The minimum absolute atomic E-state index is 0.195. The van der Waals surface area contributed by atoms with Gasteiger partial charge in [-0.15, -0.1) is 10.2 Å². The maximum atomic E-state index is 12.7. The van der Waals surface area contributed by atoms with E-state index in [9.17, 15) is 4.79 Å². The predicted molar refractivity (Wildman–Crippen MR) is 94.2 cm³/mol. The van der Waals surface area contributed by atoms with Gasteiger partial charge in [0.25, 0.3) is 11.1 Å². The van der Waals surface area contributed by atoms with Crippen molar-refractivity contribution in [3.63, 3.8) is 0 Å². The summed E-state index contributed by atoms with van der Waals surface area (Å²) in [6, 6.07) is 2.25. The van der Waals surface area contributed by atoms with Crippen molar-refractivity contribution in [1.82, 2.24) is 15.1 Å². The normalized spacial score (nSPS) is 23.5. The van der Waals surface area contributed by atoms with Crippen LogP contribution in [0.15, 0.2) is 26.4 Å². The largest absolute Gasteiger partial charge is 0.469 e. The summed E-state index contributed by atoms with van der Waals surface area (Å²) in [5, 5.41) is 8.53. The van der Waals surface area contributed by atoms with Gasteiger partial charge in [-0.1, -0.05) is 24.6 Å². The molecule has 1 aliphatic carbocycles. The Kier molecular flexibility index (Phi) is 4.83. The van der Waals surface area contributed by atoms with E-state index in [1.54, 1.807) is 12.3 Å². The molecule has 7 heteroatoms. The number of hydrogen-bond donors (Lipinski definition) is 0. The molecule has 1 amide bonds. The molecular formula is C18H23N3O3S. The van der Waals surface area contributed by atoms with Crippen molar-refractivity contribution < 1.29 is 13.6 Å². The van der Waals surface area contributed by atoms with Crippen LogP contribution in [-0.4, -0.2) is 39.3 Å². The lowest BCUT2D eigenvalue weighted by Crippen LogP contribution is -2.50. The van der Waals surface area contributed by atoms with E-state index >= 15 is 0 Å². The lowest BCUT2D eigenvalue weighted by Gasteiger charge is -2.44. The highest BCUT2D eigenvalue weighted by molar-refractivity contribution is 7.99. The van der Waals surface area contributed by atoms with E-state index < -0.39 is 0 Å². The maximum absolute atomic E-state index is 12.7. The Morgan fingerprint density at radius 2 is 2.12 bits per heavy atom. The molecule has 25 heavy (non-hydrogen) atoms. The Hall–Kier alpha value is -1.76.